The van der Waals surface area contributed by atoms with Crippen LogP contribution in [0.3, 0.4) is 0 Å². The van der Waals surface area contributed by atoms with Crippen LogP contribution in [0.1, 0.15) is 22.4 Å². The Morgan fingerprint density at radius 1 is 1.07 bits per heavy atom. The van der Waals surface area contributed by atoms with Crippen molar-refractivity contribution in [3.63, 3.8) is 0 Å². The molecule has 4 nitrogen and oxygen atoms in total. The number of benzene rings is 2. The molecule has 0 atom stereocenters. The molecule has 2 heterocycles. The number of halogens is 1. The first-order valence-corrected chi connectivity index (χ1v) is 10.7. The number of pyridine rings is 1. The van der Waals surface area contributed by atoms with Crippen LogP contribution in [-0.2, 0) is 11.3 Å². The Balaban J connectivity index is 1.73. The van der Waals surface area contributed by atoms with Gasteiger partial charge in [0, 0.05) is 17.3 Å². The number of anilines is 1. The zero-order valence-electron chi connectivity index (χ0n) is 16.7. The van der Waals surface area contributed by atoms with Gasteiger partial charge in [0.25, 0.3) is 5.91 Å². The molecule has 4 rings (SSSR count). The van der Waals surface area contributed by atoms with Gasteiger partial charge in [0.2, 0.25) is 0 Å². The lowest BCUT2D eigenvalue weighted by Crippen LogP contribution is -2.29. The van der Waals surface area contributed by atoms with E-state index in [1.165, 1.54) is 17.4 Å². The predicted octanol–water partition coefficient (Wildman–Crippen LogP) is 6.21. The summed E-state index contributed by atoms with van der Waals surface area (Å²) in [7, 11) is 0. The van der Waals surface area contributed by atoms with E-state index in [4.69, 9.17) is 16.6 Å². The van der Waals surface area contributed by atoms with E-state index in [1.54, 1.807) is 23.2 Å². The van der Waals surface area contributed by atoms with Crippen molar-refractivity contribution in [3.8, 4) is 0 Å². The third kappa shape index (κ3) is 4.27. The first-order chi connectivity index (χ1) is 14.5. The van der Waals surface area contributed by atoms with Crippen LogP contribution in [-0.4, -0.2) is 15.9 Å². The van der Waals surface area contributed by atoms with Gasteiger partial charge < -0.3 is 0 Å². The van der Waals surface area contributed by atoms with E-state index >= 15 is 0 Å². The number of thiazole rings is 1. The van der Waals surface area contributed by atoms with E-state index in [2.05, 4.69) is 24.0 Å². The molecule has 0 aliphatic rings. The Labute approximate surface area is 184 Å². The van der Waals surface area contributed by atoms with E-state index < -0.39 is 0 Å². The molecule has 2 aromatic heterocycles. The Morgan fingerprint density at radius 3 is 2.57 bits per heavy atom. The van der Waals surface area contributed by atoms with Gasteiger partial charge >= 0.3 is 0 Å². The van der Waals surface area contributed by atoms with Gasteiger partial charge in [-0.3, -0.25) is 14.7 Å². The Bertz CT molecular complexity index is 1190. The Kier molecular flexibility index (Phi) is 5.93. The van der Waals surface area contributed by atoms with Crippen LogP contribution in [0.2, 0.25) is 5.02 Å². The van der Waals surface area contributed by atoms with E-state index in [1.807, 2.05) is 43.3 Å². The predicted molar refractivity (Wildman–Crippen MR) is 125 cm³/mol. The molecule has 0 bridgehead atoms. The lowest BCUT2D eigenvalue weighted by molar-refractivity contribution is -0.114. The highest BCUT2D eigenvalue weighted by Gasteiger charge is 2.20. The highest BCUT2D eigenvalue weighted by Crippen LogP contribution is 2.34. The number of hydrogen-bond acceptors (Lipinski definition) is 4. The fourth-order valence-electron chi connectivity index (χ4n) is 3.12. The molecule has 0 saturated carbocycles. The molecule has 0 fully saturated rings. The molecule has 2 aromatic carbocycles. The SMILES string of the molecule is Cc1ccc(C)c2sc(N(Cc3ccccn3)C(=O)/C=C/c3ccccc3Cl)nc12. The average molecular weight is 434 g/mol. The van der Waals surface area contributed by atoms with Gasteiger partial charge in [0.15, 0.2) is 5.13 Å². The maximum absolute atomic E-state index is 13.2. The summed E-state index contributed by atoms with van der Waals surface area (Å²) < 4.78 is 1.10. The molecule has 4 aromatic rings. The van der Waals surface area contributed by atoms with Crippen molar-refractivity contribution >= 4 is 50.3 Å². The fraction of sp³-hybridized carbons (Fsp3) is 0.125. The van der Waals surface area contributed by atoms with Crippen LogP contribution in [0.25, 0.3) is 16.3 Å². The van der Waals surface area contributed by atoms with Crippen LogP contribution >= 0.6 is 22.9 Å². The minimum absolute atomic E-state index is 0.171. The fourth-order valence-corrected chi connectivity index (χ4v) is 4.43. The summed E-state index contributed by atoms with van der Waals surface area (Å²) in [4.78, 5) is 24.1. The van der Waals surface area contributed by atoms with Crippen molar-refractivity contribution in [1.82, 2.24) is 9.97 Å². The van der Waals surface area contributed by atoms with Crippen LogP contribution in [0, 0.1) is 13.8 Å². The molecule has 0 radical (unpaired) electrons. The standard InChI is InChI=1S/C24H20ClN3OS/c1-16-10-11-17(2)23-22(16)27-24(30-23)28(15-19-8-5-6-14-26-19)21(29)13-12-18-7-3-4-9-20(18)25/h3-14H,15H2,1-2H3/b13-12+. The summed E-state index contributed by atoms with van der Waals surface area (Å²) >= 11 is 7.75. The second-order valence-electron chi connectivity index (χ2n) is 6.97. The van der Waals surface area contributed by atoms with E-state index in [-0.39, 0.29) is 5.91 Å². The maximum atomic E-state index is 13.2. The third-order valence-electron chi connectivity index (χ3n) is 4.78. The monoisotopic (exact) mass is 433 g/mol. The first kappa shape index (κ1) is 20.3. The number of amides is 1. The molecule has 150 valence electrons. The summed E-state index contributed by atoms with van der Waals surface area (Å²) in [6.07, 6.45) is 5.00. The van der Waals surface area contributed by atoms with Gasteiger partial charge in [0.05, 0.1) is 22.5 Å². The van der Waals surface area contributed by atoms with Crippen LogP contribution in [0.15, 0.2) is 66.9 Å². The molecule has 0 unspecified atom stereocenters. The second-order valence-corrected chi connectivity index (χ2v) is 8.36. The number of nitrogens with zero attached hydrogens (tertiary/aromatic N) is 3. The average Bonchev–Trinajstić information content (AvgIpc) is 3.21. The summed E-state index contributed by atoms with van der Waals surface area (Å²) in [6, 6.07) is 17.2. The summed E-state index contributed by atoms with van der Waals surface area (Å²) in [5.41, 5.74) is 4.76. The van der Waals surface area contributed by atoms with Crippen molar-refractivity contribution in [2.45, 2.75) is 20.4 Å². The van der Waals surface area contributed by atoms with Gasteiger partial charge in [-0.15, -0.1) is 0 Å². The summed E-state index contributed by atoms with van der Waals surface area (Å²) in [6.45, 7) is 4.43. The van der Waals surface area contributed by atoms with Crippen molar-refractivity contribution in [1.29, 1.82) is 0 Å². The van der Waals surface area contributed by atoms with Crippen molar-refractivity contribution in [2.75, 3.05) is 4.90 Å². The maximum Gasteiger partial charge on any atom is 0.253 e. The zero-order chi connectivity index (χ0) is 21.1. The van der Waals surface area contributed by atoms with Crippen LogP contribution in [0.5, 0.6) is 0 Å². The Hall–Kier alpha value is -3.02. The lowest BCUT2D eigenvalue weighted by Gasteiger charge is -2.17. The smallest absolute Gasteiger partial charge is 0.253 e. The van der Waals surface area contributed by atoms with Crippen LogP contribution < -0.4 is 4.90 Å². The van der Waals surface area contributed by atoms with Gasteiger partial charge in [-0.25, -0.2) is 4.98 Å². The minimum atomic E-state index is -0.171. The summed E-state index contributed by atoms with van der Waals surface area (Å²) in [5, 5.41) is 1.26. The molecule has 1 amide bonds. The zero-order valence-corrected chi connectivity index (χ0v) is 18.2. The second kappa shape index (κ2) is 8.78. The molecular weight excluding hydrogens is 414 g/mol. The number of fused-ring (bicyclic) bond motifs is 1. The quantitative estimate of drug-likeness (QED) is 0.351. The number of aryl methyl sites for hydroxylation is 2. The summed E-state index contributed by atoms with van der Waals surface area (Å²) in [5.74, 6) is -0.171. The van der Waals surface area contributed by atoms with Crippen LogP contribution in [0.4, 0.5) is 5.13 Å². The molecule has 6 heteroatoms. The highest BCUT2D eigenvalue weighted by atomic mass is 35.5. The normalized spacial score (nSPS) is 11.3. The molecule has 0 saturated heterocycles. The molecule has 0 aliphatic carbocycles. The largest absolute Gasteiger partial charge is 0.278 e. The Morgan fingerprint density at radius 2 is 1.83 bits per heavy atom. The topological polar surface area (TPSA) is 46.1 Å². The number of aromatic nitrogens is 2. The first-order valence-electron chi connectivity index (χ1n) is 9.53. The van der Waals surface area contributed by atoms with Gasteiger partial charge in [0.1, 0.15) is 0 Å². The van der Waals surface area contributed by atoms with E-state index in [0.29, 0.717) is 16.7 Å². The minimum Gasteiger partial charge on any atom is -0.278 e. The van der Waals surface area contributed by atoms with Gasteiger partial charge in [-0.1, -0.05) is 59.3 Å². The lowest BCUT2D eigenvalue weighted by atomic mass is 10.1. The van der Waals surface area contributed by atoms with Crippen molar-refractivity contribution in [3.05, 3.63) is 94.3 Å². The number of carbonyl (C=O) groups is 1. The molecule has 0 aliphatic heterocycles. The molecule has 30 heavy (non-hydrogen) atoms. The van der Waals surface area contributed by atoms with Crippen molar-refractivity contribution < 1.29 is 4.79 Å². The van der Waals surface area contributed by atoms with E-state index in [9.17, 15) is 4.79 Å². The third-order valence-corrected chi connectivity index (χ3v) is 6.34. The number of carbonyl (C=O) groups excluding carboxylic acids is 1. The highest BCUT2D eigenvalue weighted by molar-refractivity contribution is 7.22. The van der Waals surface area contributed by atoms with Gasteiger partial charge in [-0.2, -0.15) is 0 Å². The van der Waals surface area contributed by atoms with Gasteiger partial charge in [-0.05, 0) is 54.8 Å². The molecular formula is C24H20ClN3OS. The number of rotatable bonds is 5. The molecule has 0 N–H and O–H groups in total. The molecule has 0 spiro atoms. The van der Waals surface area contributed by atoms with Crippen molar-refractivity contribution in [2.24, 2.45) is 0 Å². The number of hydrogen-bond donors (Lipinski definition) is 0. The van der Waals surface area contributed by atoms with E-state index in [0.717, 1.165) is 32.6 Å².